The molecule has 2 saturated carbocycles. The summed E-state index contributed by atoms with van der Waals surface area (Å²) in [6, 6.07) is 0. The highest BCUT2D eigenvalue weighted by molar-refractivity contribution is 5.92. The van der Waals surface area contributed by atoms with E-state index in [2.05, 4.69) is 13.8 Å². The highest BCUT2D eigenvalue weighted by atomic mass is 16.7. The summed E-state index contributed by atoms with van der Waals surface area (Å²) in [4.78, 5) is 12.1. The number of aliphatic hydroxyl groups is 1. The molecule has 122 valence electrons. The zero-order valence-corrected chi connectivity index (χ0v) is 13.3. The lowest BCUT2D eigenvalue weighted by Crippen LogP contribution is -2.57. The van der Waals surface area contributed by atoms with Crippen LogP contribution >= 0.6 is 0 Å². The van der Waals surface area contributed by atoms with E-state index in [1.54, 1.807) is 0 Å². The summed E-state index contributed by atoms with van der Waals surface area (Å²) in [7, 11) is 0. The van der Waals surface area contributed by atoms with Gasteiger partial charge in [-0.05, 0) is 30.3 Å². The number of carbonyl (C=O) groups is 1. The first-order chi connectivity index (χ1) is 10.5. The Labute approximate surface area is 130 Å². The molecule has 4 atom stereocenters. The Balaban J connectivity index is 1.73. The van der Waals surface area contributed by atoms with Crippen LogP contribution in [0, 0.1) is 17.3 Å². The van der Waals surface area contributed by atoms with Gasteiger partial charge in [-0.2, -0.15) is 0 Å². The zero-order chi connectivity index (χ0) is 15.5. The van der Waals surface area contributed by atoms with Gasteiger partial charge in [0.05, 0.1) is 25.4 Å². The fraction of sp³-hybridized carbons (Fsp3) is 0.824. The van der Waals surface area contributed by atoms with Gasteiger partial charge < -0.3 is 19.3 Å². The van der Waals surface area contributed by atoms with Gasteiger partial charge in [-0.3, -0.25) is 0 Å². The van der Waals surface area contributed by atoms with E-state index < -0.39 is 5.79 Å². The lowest BCUT2D eigenvalue weighted by Gasteiger charge is -2.56. The van der Waals surface area contributed by atoms with Crippen molar-refractivity contribution in [2.45, 2.75) is 51.4 Å². The Morgan fingerprint density at radius 2 is 1.95 bits per heavy atom. The molecule has 0 aromatic carbocycles. The van der Waals surface area contributed by atoms with Crippen LogP contribution in [0.1, 0.15) is 39.5 Å². The third kappa shape index (κ3) is 1.79. The minimum atomic E-state index is -0.513. The molecular formula is C17H24O5. The van der Waals surface area contributed by atoms with Gasteiger partial charge in [0, 0.05) is 18.3 Å². The van der Waals surface area contributed by atoms with Crippen LogP contribution < -0.4 is 0 Å². The Morgan fingerprint density at radius 1 is 1.23 bits per heavy atom. The molecule has 0 bridgehead atoms. The van der Waals surface area contributed by atoms with E-state index in [4.69, 9.17) is 14.2 Å². The number of ether oxygens (including phenoxy) is 3. The molecule has 0 aromatic rings. The molecule has 0 radical (unpaired) electrons. The number of hydrogen-bond acceptors (Lipinski definition) is 5. The monoisotopic (exact) mass is 308 g/mol. The molecule has 4 rings (SSSR count). The number of rotatable bonds is 1. The van der Waals surface area contributed by atoms with Crippen LogP contribution in [0.3, 0.4) is 0 Å². The van der Waals surface area contributed by atoms with Crippen molar-refractivity contribution in [2.75, 3.05) is 19.8 Å². The Bertz CT molecular complexity index is 533. The van der Waals surface area contributed by atoms with E-state index >= 15 is 0 Å². The average Bonchev–Trinajstić information content (AvgIpc) is 3.08. The van der Waals surface area contributed by atoms with Crippen LogP contribution in [0.5, 0.6) is 0 Å². The molecule has 1 saturated heterocycles. The number of carbonyl (C=O) groups excluding carboxylic acids is 1. The van der Waals surface area contributed by atoms with Crippen molar-refractivity contribution in [3.05, 3.63) is 11.1 Å². The van der Waals surface area contributed by atoms with Gasteiger partial charge in [0.25, 0.3) is 0 Å². The quantitative estimate of drug-likeness (QED) is 0.748. The predicted octanol–water partition coefficient (Wildman–Crippen LogP) is 1.79. The molecule has 0 amide bonds. The van der Waals surface area contributed by atoms with Crippen molar-refractivity contribution < 1.29 is 24.1 Å². The van der Waals surface area contributed by atoms with Crippen LogP contribution in [0.2, 0.25) is 0 Å². The zero-order valence-electron chi connectivity index (χ0n) is 13.3. The van der Waals surface area contributed by atoms with Crippen molar-refractivity contribution in [3.8, 4) is 0 Å². The Morgan fingerprint density at radius 3 is 2.64 bits per heavy atom. The maximum atomic E-state index is 12.1. The van der Waals surface area contributed by atoms with Gasteiger partial charge in [0.15, 0.2) is 5.79 Å². The summed E-state index contributed by atoms with van der Waals surface area (Å²) in [5, 5.41) is 9.50. The fourth-order valence-electron chi connectivity index (χ4n) is 5.26. The Hall–Kier alpha value is -0.910. The predicted molar refractivity (Wildman–Crippen MR) is 77.9 cm³/mol. The molecule has 22 heavy (non-hydrogen) atoms. The van der Waals surface area contributed by atoms with Crippen LogP contribution in [0.25, 0.3) is 0 Å². The lowest BCUT2D eigenvalue weighted by atomic mass is 9.53. The first-order valence-corrected chi connectivity index (χ1v) is 8.32. The Kier molecular flexibility index (Phi) is 3.19. The minimum Gasteiger partial charge on any atom is -0.454 e. The normalized spacial score (nSPS) is 43.2. The molecule has 5 heteroatoms. The van der Waals surface area contributed by atoms with E-state index in [0.29, 0.717) is 18.8 Å². The van der Waals surface area contributed by atoms with Gasteiger partial charge in [0.2, 0.25) is 0 Å². The SMILES string of the molecule is C[C@H]1[C@@H]2[C@H]3OC(=O)C(CO)=C3CC[C@@]2(C)CCC12OCCO2. The van der Waals surface area contributed by atoms with Crippen molar-refractivity contribution in [3.63, 3.8) is 0 Å². The highest BCUT2D eigenvalue weighted by Gasteiger charge is 2.61. The fourth-order valence-corrected chi connectivity index (χ4v) is 5.26. The summed E-state index contributed by atoms with van der Waals surface area (Å²) in [5.41, 5.74) is 1.63. The molecule has 4 aliphatic rings. The van der Waals surface area contributed by atoms with Crippen molar-refractivity contribution in [2.24, 2.45) is 17.3 Å². The number of esters is 1. The minimum absolute atomic E-state index is 0.138. The standard InChI is InChI=1S/C17H24O5/c1-10-13-14-11(12(9-18)15(19)22-14)3-4-16(13,2)5-6-17(10)20-7-8-21-17/h10,13-14,18H,3-9H2,1-2H3/t10-,13+,14-,16-/m0/s1. The second-order valence-electron chi connectivity index (χ2n) is 7.47. The van der Waals surface area contributed by atoms with Crippen molar-refractivity contribution in [1.29, 1.82) is 0 Å². The lowest BCUT2D eigenvalue weighted by molar-refractivity contribution is -0.255. The van der Waals surface area contributed by atoms with Crippen LogP contribution in [0.15, 0.2) is 11.1 Å². The average molecular weight is 308 g/mol. The number of hydrogen-bond donors (Lipinski definition) is 1. The molecule has 0 aromatic heterocycles. The summed E-state index contributed by atoms with van der Waals surface area (Å²) < 4.78 is 17.7. The first kappa shape index (κ1) is 14.7. The van der Waals surface area contributed by atoms with Gasteiger partial charge >= 0.3 is 5.97 Å². The van der Waals surface area contributed by atoms with Crippen LogP contribution in [-0.4, -0.2) is 42.8 Å². The van der Waals surface area contributed by atoms with Gasteiger partial charge in [-0.1, -0.05) is 13.8 Å². The molecule has 0 unspecified atom stereocenters. The van der Waals surface area contributed by atoms with Crippen molar-refractivity contribution in [1.82, 2.24) is 0 Å². The van der Waals surface area contributed by atoms with Crippen LogP contribution in [0.4, 0.5) is 0 Å². The molecule has 5 nitrogen and oxygen atoms in total. The van der Waals surface area contributed by atoms with E-state index in [1.165, 1.54) is 0 Å². The molecule has 1 spiro atoms. The molecule has 2 aliphatic carbocycles. The third-order valence-electron chi connectivity index (χ3n) is 6.52. The first-order valence-electron chi connectivity index (χ1n) is 8.32. The second-order valence-corrected chi connectivity index (χ2v) is 7.47. The van der Waals surface area contributed by atoms with E-state index in [1.807, 2.05) is 0 Å². The van der Waals surface area contributed by atoms with E-state index in [0.717, 1.165) is 31.3 Å². The number of aliphatic hydroxyl groups excluding tert-OH is 1. The maximum absolute atomic E-state index is 12.1. The molecule has 1 N–H and O–H groups in total. The summed E-state index contributed by atoms with van der Waals surface area (Å²) >= 11 is 0. The second kappa shape index (κ2) is 4.79. The third-order valence-corrected chi connectivity index (χ3v) is 6.52. The summed E-state index contributed by atoms with van der Waals surface area (Å²) in [6.07, 6.45) is 3.60. The maximum Gasteiger partial charge on any atom is 0.337 e. The summed E-state index contributed by atoms with van der Waals surface area (Å²) in [6.45, 7) is 5.53. The molecule has 2 aliphatic heterocycles. The molecular weight excluding hydrogens is 284 g/mol. The largest absolute Gasteiger partial charge is 0.454 e. The smallest absolute Gasteiger partial charge is 0.337 e. The summed E-state index contributed by atoms with van der Waals surface area (Å²) in [5.74, 6) is -0.496. The molecule has 3 fully saturated rings. The highest BCUT2D eigenvalue weighted by Crippen LogP contribution is 2.60. The molecule has 2 heterocycles. The topological polar surface area (TPSA) is 65.0 Å². The van der Waals surface area contributed by atoms with E-state index in [-0.39, 0.29) is 35.9 Å². The number of fused-ring (bicyclic) bond motifs is 3. The van der Waals surface area contributed by atoms with E-state index in [9.17, 15) is 9.90 Å². The van der Waals surface area contributed by atoms with Crippen molar-refractivity contribution >= 4 is 5.97 Å². The van der Waals surface area contributed by atoms with Gasteiger partial charge in [-0.25, -0.2) is 4.79 Å². The van der Waals surface area contributed by atoms with Crippen LogP contribution in [-0.2, 0) is 19.0 Å². The van der Waals surface area contributed by atoms with Gasteiger partial charge in [0.1, 0.15) is 6.10 Å². The van der Waals surface area contributed by atoms with Gasteiger partial charge in [-0.15, -0.1) is 0 Å².